The van der Waals surface area contributed by atoms with Crippen molar-refractivity contribution < 1.29 is 14.3 Å². The van der Waals surface area contributed by atoms with Gasteiger partial charge >= 0.3 is 0 Å². The van der Waals surface area contributed by atoms with Crippen LogP contribution in [0.2, 0.25) is 0 Å². The standard InChI is InChI=1S/C25H33BrN2O3/c1-17(2)27-24(30)18(3)28(15-19-10-9-11-20(26)14-19)23(29)16-31-22-13-8-7-12-21(22)25(4,5)6/h7-14,17-18H,15-16H2,1-6H3,(H,27,30)/t18-/m0/s1. The zero-order valence-electron chi connectivity index (χ0n) is 19.2. The topological polar surface area (TPSA) is 58.6 Å². The van der Waals surface area contributed by atoms with E-state index in [0.29, 0.717) is 12.3 Å². The van der Waals surface area contributed by atoms with E-state index in [9.17, 15) is 9.59 Å². The van der Waals surface area contributed by atoms with E-state index in [4.69, 9.17) is 4.74 Å². The summed E-state index contributed by atoms with van der Waals surface area (Å²) < 4.78 is 6.87. The van der Waals surface area contributed by atoms with Gasteiger partial charge in [0.15, 0.2) is 6.61 Å². The summed E-state index contributed by atoms with van der Waals surface area (Å²) in [7, 11) is 0. The minimum Gasteiger partial charge on any atom is -0.483 e. The first-order valence-corrected chi connectivity index (χ1v) is 11.3. The first kappa shape index (κ1) is 24.9. The fourth-order valence-electron chi connectivity index (χ4n) is 3.25. The van der Waals surface area contributed by atoms with Crippen LogP contribution >= 0.6 is 15.9 Å². The molecule has 0 saturated carbocycles. The molecule has 0 heterocycles. The van der Waals surface area contributed by atoms with E-state index >= 15 is 0 Å². The molecule has 1 atom stereocenters. The monoisotopic (exact) mass is 488 g/mol. The molecule has 0 bridgehead atoms. The van der Waals surface area contributed by atoms with Crippen molar-refractivity contribution in [2.75, 3.05) is 6.61 Å². The van der Waals surface area contributed by atoms with E-state index < -0.39 is 6.04 Å². The lowest BCUT2D eigenvalue weighted by molar-refractivity contribution is -0.142. The van der Waals surface area contributed by atoms with Gasteiger partial charge in [0.2, 0.25) is 5.91 Å². The fraction of sp³-hybridized carbons (Fsp3) is 0.440. The van der Waals surface area contributed by atoms with Gasteiger partial charge in [-0.05, 0) is 55.5 Å². The van der Waals surface area contributed by atoms with E-state index in [0.717, 1.165) is 15.6 Å². The van der Waals surface area contributed by atoms with Gasteiger partial charge < -0.3 is 15.0 Å². The molecule has 0 aromatic heterocycles. The van der Waals surface area contributed by atoms with E-state index in [-0.39, 0.29) is 29.9 Å². The molecule has 0 unspecified atom stereocenters. The highest BCUT2D eigenvalue weighted by atomic mass is 79.9. The Morgan fingerprint density at radius 1 is 1.06 bits per heavy atom. The van der Waals surface area contributed by atoms with Crippen LogP contribution in [0.4, 0.5) is 0 Å². The molecular weight excluding hydrogens is 456 g/mol. The van der Waals surface area contributed by atoms with Crippen molar-refractivity contribution in [1.29, 1.82) is 0 Å². The average Bonchev–Trinajstić information content (AvgIpc) is 2.68. The number of ether oxygens (including phenoxy) is 1. The van der Waals surface area contributed by atoms with Gasteiger partial charge in [-0.25, -0.2) is 0 Å². The molecule has 0 radical (unpaired) electrons. The highest BCUT2D eigenvalue weighted by Crippen LogP contribution is 2.31. The number of amides is 2. The lowest BCUT2D eigenvalue weighted by Crippen LogP contribution is -2.50. The quantitative estimate of drug-likeness (QED) is 0.564. The predicted molar refractivity (Wildman–Crippen MR) is 128 cm³/mol. The van der Waals surface area contributed by atoms with Crippen LogP contribution in [0, 0.1) is 0 Å². The lowest BCUT2D eigenvalue weighted by Gasteiger charge is -2.30. The van der Waals surface area contributed by atoms with E-state index in [1.54, 1.807) is 11.8 Å². The SMILES string of the molecule is CC(C)NC(=O)[C@H](C)N(Cc1cccc(Br)c1)C(=O)COc1ccccc1C(C)(C)C. The maximum absolute atomic E-state index is 13.2. The van der Waals surface area contributed by atoms with Crippen molar-refractivity contribution in [3.8, 4) is 5.75 Å². The third-order valence-corrected chi connectivity index (χ3v) is 5.38. The van der Waals surface area contributed by atoms with Crippen LogP contribution in [0.5, 0.6) is 5.75 Å². The van der Waals surface area contributed by atoms with Gasteiger partial charge in [-0.1, -0.05) is 67.0 Å². The summed E-state index contributed by atoms with van der Waals surface area (Å²) in [4.78, 5) is 27.4. The van der Waals surface area contributed by atoms with Crippen LogP contribution in [-0.4, -0.2) is 35.4 Å². The number of carbonyl (C=O) groups excluding carboxylic acids is 2. The van der Waals surface area contributed by atoms with Gasteiger partial charge in [0.1, 0.15) is 11.8 Å². The summed E-state index contributed by atoms with van der Waals surface area (Å²) in [5.41, 5.74) is 1.86. The van der Waals surface area contributed by atoms with Crippen molar-refractivity contribution in [3.05, 3.63) is 64.1 Å². The Morgan fingerprint density at radius 3 is 2.35 bits per heavy atom. The molecule has 0 aliphatic heterocycles. The Balaban J connectivity index is 2.23. The highest BCUT2D eigenvalue weighted by molar-refractivity contribution is 9.10. The second kappa shape index (κ2) is 10.8. The van der Waals surface area contributed by atoms with Crippen LogP contribution in [0.25, 0.3) is 0 Å². The van der Waals surface area contributed by atoms with Gasteiger partial charge in [-0.3, -0.25) is 9.59 Å². The molecule has 2 rings (SSSR count). The molecule has 0 aliphatic rings. The van der Waals surface area contributed by atoms with Crippen LogP contribution in [0.1, 0.15) is 52.7 Å². The van der Waals surface area contributed by atoms with Crippen molar-refractivity contribution >= 4 is 27.7 Å². The van der Waals surface area contributed by atoms with Gasteiger partial charge in [0, 0.05) is 17.1 Å². The van der Waals surface area contributed by atoms with Crippen molar-refractivity contribution in [3.63, 3.8) is 0 Å². The molecule has 2 aromatic rings. The molecule has 0 aliphatic carbocycles. The molecule has 5 nitrogen and oxygen atoms in total. The number of carbonyl (C=O) groups is 2. The fourth-order valence-corrected chi connectivity index (χ4v) is 3.70. The third kappa shape index (κ3) is 7.39. The molecular formula is C25H33BrN2O3. The summed E-state index contributed by atoms with van der Waals surface area (Å²) in [5, 5.41) is 2.89. The first-order chi connectivity index (χ1) is 14.5. The second-order valence-corrected chi connectivity index (χ2v) is 9.94. The number of rotatable bonds is 8. The Hall–Kier alpha value is -2.34. The average molecular weight is 489 g/mol. The van der Waals surface area contributed by atoms with Gasteiger partial charge in [0.25, 0.3) is 5.91 Å². The summed E-state index contributed by atoms with van der Waals surface area (Å²) in [6.45, 7) is 12.0. The predicted octanol–water partition coefficient (Wildman–Crippen LogP) is 5.07. The summed E-state index contributed by atoms with van der Waals surface area (Å²) in [6, 6.07) is 14.8. The molecule has 2 aromatic carbocycles. The van der Waals surface area contributed by atoms with Crippen LogP contribution in [-0.2, 0) is 21.5 Å². The number of hydrogen-bond acceptors (Lipinski definition) is 3. The summed E-state index contributed by atoms with van der Waals surface area (Å²) in [6.07, 6.45) is 0. The normalized spacial score (nSPS) is 12.4. The van der Waals surface area contributed by atoms with Crippen molar-refractivity contribution in [2.24, 2.45) is 0 Å². The Labute approximate surface area is 194 Å². The van der Waals surface area contributed by atoms with Crippen molar-refractivity contribution in [2.45, 2.75) is 65.6 Å². The lowest BCUT2D eigenvalue weighted by atomic mass is 9.86. The molecule has 1 N–H and O–H groups in total. The summed E-state index contributed by atoms with van der Waals surface area (Å²) >= 11 is 3.47. The number of nitrogens with one attached hydrogen (secondary N) is 1. The molecule has 0 saturated heterocycles. The van der Waals surface area contributed by atoms with Crippen LogP contribution in [0.3, 0.4) is 0 Å². The largest absolute Gasteiger partial charge is 0.483 e. The second-order valence-electron chi connectivity index (χ2n) is 9.03. The highest BCUT2D eigenvalue weighted by Gasteiger charge is 2.27. The number of benzene rings is 2. The molecule has 6 heteroatoms. The van der Waals surface area contributed by atoms with Crippen molar-refractivity contribution in [1.82, 2.24) is 10.2 Å². The molecule has 31 heavy (non-hydrogen) atoms. The Bertz CT molecular complexity index is 906. The Kier molecular flexibility index (Phi) is 8.69. The maximum Gasteiger partial charge on any atom is 0.261 e. The van der Waals surface area contributed by atoms with Crippen LogP contribution < -0.4 is 10.1 Å². The Morgan fingerprint density at radius 2 is 1.74 bits per heavy atom. The summed E-state index contributed by atoms with van der Waals surface area (Å²) in [5.74, 6) is 0.258. The zero-order chi connectivity index (χ0) is 23.2. The third-order valence-electron chi connectivity index (χ3n) is 4.89. The maximum atomic E-state index is 13.2. The van der Waals surface area contributed by atoms with Gasteiger partial charge in [-0.2, -0.15) is 0 Å². The molecule has 2 amide bonds. The minimum absolute atomic E-state index is 0.00677. The van der Waals surface area contributed by atoms with E-state index in [2.05, 4.69) is 42.0 Å². The van der Waals surface area contributed by atoms with Gasteiger partial charge in [-0.15, -0.1) is 0 Å². The van der Waals surface area contributed by atoms with E-state index in [1.165, 1.54) is 0 Å². The molecule has 0 spiro atoms. The number of hydrogen-bond donors (Lipinski definition) is 1. The number of halogens is 1. The van der Waals surface area contributed by atoms with Crippen LogP contribution in [0.15, 0.2) is 53.0 Å². The van der Waals surface area contributed by atoms with E-state index in [1.807, 2.05) is 62.4 Å². The molecule has 168 valence electrons. The van der Waals surface area contributed by atoms with Gasteiger partial charge in [0.05, 0.1) is 0 Å². The minimum atomic E-state index is -0.629. The smallest absolute Gasteiger partial charge is 0.261 e. The number of nitrogens with zero attached hydrogens (tertiary/aromatic N) is 1. The molecule has 0 fully saturated rings. The zero-order valence-corrected chi connectivity index (χ0v) is 20.8. The number of para-hydroxylation sites is 1. The first-order valence-electron chi connectivity index (χ1n) is 10.6.